The van der Waals surface area contributed by atoms with Gasteiger partial charge in [0, 0.05) is 13.2 Å². The third kappa shape index (κ3) is 5.98. The molecule has 0 radical (unpaired) electrons. The van der Waals surface area contributed by atoms with Gasteiger partial charge in [-0.05, 0) is 13.4 Å². The first-order valence-electron chi connectivity index (χ1n) is 3.20. The van der Waals surface area contributed by atoms with Gasteiger partial charge in [-0.3, -0.25) is 0 Å². The summed E-state index contributed by atoms with van der Waals surface area (Å²) in [6.45, 7) is 4.64. The van der Waals surface area contributed by atoms with E-state index in [1.807, 2.05) is 6.92 Å². The van der Waals surface area contributed by atoms with Crippen LogP contribution in [0.5, 0.6) is 0 Å². The smallest absolute Gasteiger partial charge is 0.119 e. The molecule has 48 valence electrons. The molecule has 0 aliphatic rings. The highest BCUT2D eigenvalue weighted by atomic mass is 16.5. The molecule has 0 aromatic rings. The third-order valence-corrected chi connectivity index (χ3v) is 0.877. The Morgan fingerprint density at radius 3 is 2.88 bits per heavy atom. The van der Waals surface area contributed by atoms with Crippen LogP contribution in [0.25, 0.3) is 0 Å². The second-order valence-electron chi connectivity index (χ2n) is 1.55. The van der Waals surface area contributed by atoms with Gasteiger partial charge in [0.25, 0.3) is 0 Å². The molecule has 0 bridgehead atoms. The Labute approximate surface area is 52.0 Å². The van der Waals surface area contributed by atoms with Crippen LogP contribution in [0.4, 0.5) is 0 Å². The molecule has 0 aliphatic heterocycles. The maximum Gasteiger partial charge on any atom is 0.119 e. The monoisotopic (exact) mass is 115 g/mol. The van der Waals surface area contributed by atoms with Gasteiger partial charge in [-0.2, -0.15) is 0 Å². The van der Waals surface area contributed by atoms with Crippen molar-refractivity contribution in [3.05, 3.63) is 0 Å². The van der Waals surface area contributed by atoms with Crippen molar-refractivity contribution >= 4 is 7.85 Å². The summed E-state index contributed by atoms with van der Waals surface area (Å²) in [7, 11) is 2.09. The zero-order valence-corrected chi connectivity index (χ0v) is 5.74. The molecular formula is C5H14BNO. The average Bonchev–Trinajstić information content (AvgIpc) is 1.81. The largest absolute Gasteiger partial charge is 0.380 e. The summed E-state index contributed by atoms with van der Waals surface area (Å²) in [6, 6.07) is 0. The van der Waals surface area contributed by atoms with Gasteiger partial charge in [-0.25, -0.2) is 0 Å². The second kappa shape index (κ2) is 6.98. The van der Waals surface area contributed by atoms with Crippen LogP contribution >= 0.6 is 0 Å². The van der Waals surface area contributed by atoms with E-state index in [4.69, 9.17) is 4.74 Å². The molecule has 3 heteroatoms. The molecule has 0 fully saturated rings. The lowest BCUT2D eigenvalue weighted by molar-refractivity contribution is 0.150. The van der Waals surface area contributed by atoms with E-state index in [-0.39, 0.29) is 0 Å². The molecule has 0 rings (SSSR count). The minimum atomic E-state index is 0.825. The topological polar surface area (TPSA) is 21.3 Å². The maximum atomic E-state index is 5.07. The lowest BCUT2D eigenvalue weighted by atomic mass is 10.2. The molecule has 0 amide bonds. The third-order valence-electron chi connectivity index (χ3n) is 0.877. The first kappa shape index (κ1) is 7.98. The van der Waals surface area contributed by atoms with Crippen molar-refractivity contribution in [3.63, 3.8) is 0 Å². The predicted molar refractivity (Wildman–Crippen MR) is 37.9 cm³/mol. The number of nitrogens with one attached hydrogen (secondary N) is 1. The Kier molecular flexibility index (Phi) is 6.97. The molecule has 0 spiro atoms. The van der Waals surface area contributed by atoms with Crippen molar-refractivity contribution in [2.24, 2.45) is 0 Å². The predicted octanol–water partition coefficient (Wildman–Crippen LogP) is -0.797. The van der Waals surface area contributed by atoms with E-state index >= 15 is 0 Å². The van der Waals surface area contributed by atoms with Gasteiger partial charge >= 0.3 is 0 Å². The Morgan fingerprint density at radius 2 is 2.38 bits per heavy atom. The zero-order chi connectivity index (χ0) is 6.24. The zero-order valence-electron chi connectivity index (χ0n) is 5.74. The fourth-order valence-corrected chi connectivity index (χ4v) is 0.465. The van der Waals surface area contributed by atoms with Crippen molar-refractivity contribution in [2.75, 3.05) is 26.2 Å². The molecule has 0 heterocycles. The van der Waals surface area contributed by atoms with Crippen LogP contribution in [0.15, 0.2) is 0 Å². The average molecular weight is 115 g/mol. The number of hydrogen-bond acceptors (Lipinski definition) is 2. The van der Waals surface area contributed by atoms with Crippen LogP contribution < -0.4 is 5.32 Å². The van der Waals surface area contributed by atoms with E-state index < -0.39 is 0 Å². The summed E-state index contributed by atoms with van der Waals surface area (Å²) < 4.78 is 5.07. The van der Waals surface area contributed by atoms with E-state index in [0.29, 0.717) is 0 Å². The number of ether oxygens (including phenoxy) is 1. The van der Waals surface area contributed by atoms with E-state index in [2.05, 4.69) is 13.2 Å². The van der Waals surface area contributed by atoms with Gasteiger partial charge in [0.15, 0.2) is 0 Å². The van der Waals surface area contributed by atoms with Crippen LogP contribution in [-0.4, -0.2) is 34.0 Å². The fourth-order valence-electron chi connectivity index (χ4n) is 0.465. The van der Waals surface area contributed by atoms with E-state index in [1.165, 1.54) is 0 Å². The van der Waals surface area contributed by atoms with Gasteiger partial charge in [-0.15, -0.1) is 0 Å². The summed E-state index contributed by atoms with van der Waals surface area (Å²) in [5.74, 6) is 0. The lowest BCUT2D eigenvalue weighted by Crippen LogP contribution is -2.20. The first-order chi connectivity index (χ1) is 3.91. The molecule has 2 nitrogen and oxygen atoms in total. The Balaban J connectivity index is 2.53. The Morgan fingerprint density at radius 1 is 1.62 bits per heavy atom. The highest BCUT2D eigenvalue weighted by Crippen LogP contribution is 1.67. The molecule has 0 aromatic heterocycles. The standard InChI is InChI=1S/C5H14BNO/c1-2-8-4-3-7-5-6/h7H,2-6H2,1H3. The molecule has 0 saturated carbocycles. The Bertz CT molecular complexity index is 37.4. The van der Waals surface area contributed by atoms with Crippen LogP contribution in [0.1, 0.15) is 6.92 Å². The van der Waals surface area contributed by atoms with Gasteiger partial charge in [0.1, 0.15) is 7.85 Å². The van der Waals surface area contributed by atoms with Crippen molar-refractivity contribution < 1.29 is 4.74 Å². The van der Waals surface area contributed by atoms with Crippen molar-refractivity contribution in [1.29, 1.82) is 0 Å². The molecule has 0 aromatic carbocycles. The van der Waals surface area contributed by atoms with Crippen molar-refractivity contribution in [3.8, 4) is 0 Å². The van der Waals surface area contributed by atoms with E-state index in [0.717, 1.165) is 26.2 Å². The molecule has 8 heavy (non-hydrogen) atoms. The first-order valence-corrected chi connectivity index (χ1v) is 3.20. The SMILES string of the molecule is BCNCCOCC. The highest BCUT2D eigenvalue weighted by molar-refractivity contribution is 6.08. The molecular weight excluding hydrogens is 101 g/mol. The van der Waals surface area contributed by atoms with Crippen LogP contribution in [-0.2, 0) is 4.74 Å². The Hall–Kier alpha value is -0.0151. The van der Waals surface area contributed by atoms with Crippen molar-refractivity contribution in [2.45, 2.75) is 6.92 Å². The summed E-state index contributed by atoms with van der Waals surface area (Å²) in [4.78, 5) is 0. The summed E-state index contributed by atoms with van der Waals surface area (Å²) in [5, 5.41) is 3.16. The second-order valence-corrected chi connectivity index (χ2v) is 1.55. The van der Waals surface area contributed by atoms with E-state index in [9.17, 15) is 0 Å². The summed E-state index contributed by atoms with van der Waals surface area (Å²) >= 11 is 0. The van der Waals surface area contributed by atoms with Gasteiger partial charge < -0.3 is 10.1 Å². The minimum absolute atomic E-state index is 0.825. The van der Waals surface area contributed by atoms with Crippen LogP contribution in [0.3, 0.4) is 0 Å². The fraction of sp³-hybridized carbons (Fsp3) is 1.00. The maximum absolute atomic E-state index is 5.07. The van der Waals surface area contributed by atoms with E-state index in [1.54, 1.807) is 0 Å². The quantitative estimate of drug-likeness (QED) is 0.374. The normalized spacial score (nSPS) is 9.62. The minimum Gasteiger partial charge on any atom is -0.380 e. The van der Waals surface area contributed by atoms with Gasteiger partial charge in [0.2, 0.25) is 0 Å². The molecule has 1 N–H and O–H groups in total. The summed E-state index contributed by atoms with van der Waals surface area (Å²) in [5.41, 5.74) is 0. The molecule has 0 atom stereocenters. The molecule has 0 saturated heterocycles. The van der Waals surface area contributed by atoms with Gasteiger partial charge in [-0.1, -0.05) is 0 Å². The number of rotatable bonds is 5. The van der Waals surface area contributed by atoms with Crippen LogP contribution in [0.2, 0.25) is 0 Å². The van der Waals surface area contributed by atoms with Crippen molar-refractivity contribution in [1.82, 2.24) is 5.32 Å². The highest BCUT2D eigenvalue weighted by Gasteiger charge is 1.80. The lowest BCUT2D eigenvalue weighted by Gasteiger charge is -1.99. The number of hydrogen-bond donors (Lipinski definition) is 1. The molecule has 0 aliphatic carbocycles. The van der Waals surface area contributed by atoms with Gasteiger partial charge in [0.05, 0.1) is 6.61 Å². The molecule has 0 unspecified atom stereocenters. The van der Waals surface area contributed by atoms with Crippen LogP contribution in [0, 0.1) is 0 Å². The summed E-state index contributed by atoms with van der Waals surface area (Å²) in [6.07, 6.45) is 1.03.